The summed E-state index contributed by atoms with van der Waals surface area (Å²) in [6.07, 6.45) is 0. The molecule has 0 aromatic heterocycles. The van der Waals surface area contributed by atoms with E-state index in [1.54, 1.807) is 32.9 Å². The van der Waals surface area contributed by atoms with E-state index in [2.05, 4.69) is 10.0 Å². The predicted octanol–water partition coefficient (Wildman–Crippen LogP) is 3.45. The van der Waals surface area contributed by atoms with E-state index in [4.69, 9.17) is 0 Å². The van der Waals surface area contributed by atoms with E-state index in [1.807, 2.05) is 6.92 Å². The Balaban J connectivity index is 2.17. The van der Waals surface area contributed by atoms with Gasteiger partial charge in [0.1, 0.15) is 6.04 Å². The number of carbonyl (C=O) groups is 1. The largest absolute Gasteiger partial charge is 0.348 e. The Bertz CT molecular complexity index is 944. The van der Waals surface area contributed by atoms with Gasteiger partial charge in [0.15, 0.2) is 11.6 Å². The van der Waals surface area contributed by atoms with Crippen molar-refractivity contribution in [1.82, 2.24) is 10.0 Å². The second kappa shape index (κ2) is 8.79. The monoisotopic (exact) mass is 410 g/mol. The molecule has 2 aromatic carbocycles. The third kappa shape index (κ3) is 5.36. The molecule has 0 saturated carbocycles. The molecule has 0 heterocycles. The van der Waals surface area contributed by atoms with Crippen molar-refractivity contribution < 1.29 is 22.0 Å². The van der Waals surface area contributed by atoms with Gasteiger partial charge >= 0.3 is 0 Å². The van der Waals surface area contributed by atoms with E-state index in [0.29, 0.717) is 5.56 Å². The molecular formula is C20H24F2N2O3S. The van der Waals surface area contributed by atoms with Gasteiger partial charge in [0.25, 0.3) is 0 Å². The molecule has 0 fully saturated rings. The van der Waals surface area contributed by atoms with E-state index in [9.17, 15) is 22.0 Å². The molecular weight excluding hydrogens is 386 g/mol. The summed E-state index contributed by atoms with van der Waals surface area (Å²) >= 11 is 0. The fourth-order valence-electron chi connectivity index (χ4n) is 2.61. The van der Waals surface area contributed by atoms with Gasteiger partial charge in [-0.05, 0) is 49.6 Å². The first-order valence-electron chi connectivity index (χ1n) is 8.85. The van der Waals surface area contributed by atoms with Crippen molar-refractivity contribution in [1.29, 1.82) is 0 Å². The fraction of sp³-hybridized carbons (Fsp3) is 0.350. The number of rotatable bonds is 7. The summed E-state index contributed by atoms with van der Waals surface area (Å²) in [6.45, 7) is 6.87. The standard InChI is InChI=1S/C20H24F2N2O3S/c1-12(2)19(24-28(26,27)16-8-5-13(3)6-9-16)20(25)23-14(4)15-7-10-17(21)18(22)11-15/h5-12,14,19,24H,1-4H3,(H,23,25). The number of nitrogens with one attached hydrogen (secondary N) is 2. The van der Waals surface area contributed by atoms with Gasteiger partial charge in [-0.2, -0.15) is 4.72 Å². The molecule has 0 aliphatic carbocycles. The molecule has 0 radical (unpaired) electrons. The van der Waals surface area contributed by atoms with Crippen molar-refractivity contribution in [3.05, 3.63) is 65.2 Å². The van der Waals surface area contributed by atoms with E-state index in [-0.39, 0.29) is 10.8 Å². The van der Waals surface area contributed by atoms with Gasteiger partial charge in [0.2, 0.25) is 15.9 Å². The number of aryl methyl sites for hydroxylation is 1. The minimum atomic E-state index is -3.90. The van der Waals surface area contributed by atoms with Crippen LogP contribution in [-0.4, -0.2) is 20.4 Å². The summed E-state index contributed by atoms with van der Waals surface area (Å²) < 4.78 is 54.2. The van der Waals surface area contributed by atoms with Gasteiger partial charge in [0.05, 0.1) is 10.9 Å². The minimum absolute atomic E-state index is 0.0604. The summed E-state index contributed by atoms with van der Waals surface area (Å²) in [5.41, 5.74) is 1.29. The molecule has 8 heteroatoms. The lowest BCUT2D eigenvalue weighted by atomic mass is 10.0. The highest BCUT2D eigenvalue weighted by Crippen LogP contribution is 2.18. The Kier molecular flexibility index (Phi) is 6.90. The third-order valence-corrected chi connectivity index (χ3v) is 5.82. The van der Waals surface area contributed by atoms with Crippen LogP contribution < -0.4 is 10.0 Å². The van der Waals surface area contributed by atoms with Crippen LogP contribution in [0.4, 0.5) is 8.78 Å². The second-order valence-corrected chi connectivity index (χ2v) is 8.77. The van der Waals surface area contributed by atoms with Gasteiger partial charge in [-0.25, -0.2) is 17.2 Å². The average Bonchev–Trinajstić information content (AvgIpc) is 2.62. The highest BCUT2D eigenvalue weighted by Gasteiger charge is 2.29. The maximum absolute atomic E-state index is 13.4. The van der Waals surface area contributed by atoms with Crippen molar-refractivity contribution in [3.8, 4) is 0 Å². The Morgan fingerprint density at radius 2 is 1.57 bits per heavy atom. The molecule has 1 amide bonds. The van der Waals surface area contributed by atoms with Crippen LogP contribution in [0.1, 0.15) is 37.9 Å². The quantitative estimate of drug-likeness (QED) is 0.734. The zero-order chi connectivity index (χ0) is 21.1. The Labute approximate surface area is 164 Å². The maximum Gasteiger partial charge on any atom is 0.241 e. The highest BCUT2D eigenvalue weighted by atomic mass is 32.2. The number of amides is 1. The lowest BCUT2D eigenvalue weighted by Crippen LogP contribution is -2.50. The van der Waals surface area contributed by atoms with Crippen LogP contribution >= 0.6 is 0 Å². The van der Waals surface area contributed by atoms with Gasteiger partial charge < -0.3 is 5.32 Å². The minimum Gasteiger partial charge on any atom is -0.348 e. The van der Waals surface area contributed by atoms with Gasteiger partial charge in [0, 0.05) is 0 Å². The van der Waals surface area contributed by atoms with Crippen LogP contribution in [-0.2, 0) is 14.8 Å². The highest BCUT2D eigenvalue weighted by molar-refractivity contribution is 7.89. The number of benzene rings is 2. The number of halogens is 2. The van der Waals surface area contributed by atoms with Crippen LogP contribution in [0, 0.1) is 24.5 Å². The van der Waals surface area contributed by atoms with Crippen LogP contribution in [0.25, 0.3) is 0 Å². The first-order valence-corrected chi connectivity index (χ1v) is 10.3. The Morgan fingerprint density at radius 1 is 0.964 bits per heavy atom. The molecule has 0 spiro atoms. The van der Waals surface area contributed by atoms with Crippen LogP contribution in [0.2, 0.25) is 0 Å². The summed E-state index contributed by atoms with van der Waals surface area (Å²) in [5.74, 6) is -2.88. The summed E-state index contributed by atoms with van der Waals surface area (Å²) in [7, 11) is -3.90. The normalized spacial score (nSPS) is 14.0. The second-order valence-electron chi connectivity index (χ2n) is 7.06. The van der Waals surface area contributed by atoms with Crippen LogP contribution in [0.15, 0.2) is 47.4 Å². The number of carbonyl (C=O) groups excluding carboxylic acids is 1. The van der Waals surface area contributed by atoms with E-state index in [0.717, 1.165) is 17.7 Å². The number of hydrogen-bond donors (Lipinski definition) is 2. The van der Waals surface area contributed by atoms with Crippen molar-refractivity contribution in [2.24, 2.45) is 5.92 Å². The van der Waals surface area contributed by atoms with Crippen molar-refractivity contribution >= 4 is 15.9 Å². The zero-order valence-corrected chi connectivity index (χ0v) is 17.0. The zero-order valence-electron chi connectivity index (χ0n) is 16.2. The number of hydrogen-bond acceptors (Lipinski definition) is 3. The molecule has 2 atom stereocenters. The summed E-state index contributed by atoms with van der Waals surface area (Å²) in [5, 5.41) is 2.65. The molecule has 0 saturated heterocycles. The van der Waals surface area contributed by atoms with Gasteiger partial charge in [-0.15, -0.1) is 0 Å². The van der Waals surface area contributed by atoms with Gasteiger partial charge in [-0.1, -0.05) is 37.6 Å². The fourth-order valence-corrected chi connectivity index (χ4v) is 3.96. The lowest BCUT2D eigenvalue weighted by molar-refractivity contribution is -0.124. The predicted molar refractivity (Wildman–Crippen MR) is 103 cm³/mol. The van der Waals surface area contributed by atoms with Crippen LogP contribution in [0.5, 0.6) is 0 Å². The molecule has 0 bridgehead atoms. The molecule has 152 valence electrons. The van der Waals surface area contributed by atoms with E-state index >= 15 is 0 Å². The van der Waals surface area contributed by atoms with Crippen molar-refractivity contribution in [2.45, 2.75) is 44.7 Å². The van der Waals surface area contributed by atoms with Crippen molar-refractivity contribution in [3.63, 3.8) is 0 Å². The Morgan fingerprint density at radius 3 is 2.11 bits per heavy atom. The van der Waals surface area contributed by atoms with E-state index in [1.165, 1.54) is 18.2 Å². The lowest BCUT2D eigenvalue weighted by Gasteiger charge is -2.24. The first kappa shape index (κ1) is 22.0. The number of sulfonamides is 1. The smallest absolute Gasteiger partial charge is 0.241 e. The van der Waals surface area contributed by atoms with Gasteiger partial charge in [-0.3, -0.25) is 4.79 Å². The van der Waals surface area contributed by atoms with E-state index < -0.39 is 39.6 Å². The van der Waals surface area contributed by atoms with Crippen molar-refractivity contribution in [2.75, 3.05) is 0 Å². The SMILES string of the molecule is Cc1ccc(S(=O)(=O)NC(C(=O)NC(C)c2ccc(F)c(F)c2)C(C)C)cc1. The third-order valence-electron chi connectivity index (χ3n) is 4.36. The molecule has 2 aromatic rings. The molecule has 0 aliphatic heterocycles. The molecule has 5 nitrogen and oxygen atoms in total. The molecule has 0 aliphatic rings. The first-order chi connectivity index (χ1) is 13.0. The summed E-state index contributed by atoms with van der Waals surface area (Å²) in [4.78, 5) is 12.7. The summed E-state index contributed by atoms with van der Waals surface area (Å²) in [6, 6.07) is 7.97. The molecule has 2 N–H and O–H groups in total. The average molecular weight is 410 g/mol. The maximum atomic E-state index is 13.4. The molecule has 2 unspecified atom stereocenters. The molecule has 28 heavy (non-hydrogen) atoms. The molecule has 2 rings (SSSR count). The topological polar surface area (TPSA) is 75.3 Å². The van der Waals surface area contributed by atoms with Crippen LogP contribution in [0.3, 0.4) is 0 Å². The Hall–Kier alpha value is -2.32.